The maximum Gasteiger partial charge on any atom is 0.211 e. The second-order valence-corrected chi connectivity index (χ2v) is 7.34. The van der Waals surface area contributed by atoms with Crippen LogP contribution in [0.25, 0.3) is 5.52 Å². The molecular weight excluding hydrogens is 302 g/mol. The number of aromatic nitrogens is 2. The van der Waals surface area contributed by atoms with Gasteiger partial charge in [-0.3, -0.25) is 4.79 Å². The van der Waals surface area contributed by atoms with Crippen molar-refractivity contribution in [3.05, 3.63) is 35.2 Å². The van der Waals surface area contributed by atoms with Gasteiger partial charge in [-0.1, -0.05) is 6.92 Å². The summed E-state index contributed by atoms with van der Waals surface area (Å²) in [5, 5.41) is 4.31. The number of ketones is 1. The normalized spacial score (nSPS) is 13.7. The van der Waals surface area contributed by atoms with Crippen LogP contribution in [0.3, 0.4) is 0 Å². The van der Waals surface area contributed by atoms with E-state index in [1.165, 1.54) is 17.5 Å². The predicted molar refractivity (Wildman–Crippen MR) is 85.6 cm³/mol. The molecule has 1 atom stereocenters. The number of nitrogens with zero attached hydrogens (tertiary/aromatic N) is 3. The van der Waals surface area contributed by atoms with Crippen LogP contribution in [0.5, 0.6) is 0 Å². The zero-order valence-electron chi connectivity index (χ0n) is 13.5. The fourth-order valence-electron chi connectivity index (χ4n) is 3.10. The SMILES string of the molecule is CCN(C(C)c1c(C)c(C(C)=O)c2cccnn12)S(C)(=O)=O. The van der Waals surface area contributed by atoms with Crippen LogP contribution in [0.4, 0.5) is 0 Å². The minimum atomic E-state index is -3.35. The lowest BCUT2D eigenvalue weighted by Crippen LogP contribution is -2.33. The Hall–Kier alpha value is -1.73. The molecule has 2 rings (SSSR count). The van der Waals surface area contributed by atoms with Gasteiger partial charge in [0.1, 0.15) is 0 Å². The zero-order valence-corrected chi connectivity index (χ0v) is 14.3. The molecular formula is C15H21N3O3S. The summed E-state index contributed by atoms with van der Waals surface area (Å²) in [5.74, 6) is -0.0520. The number of hydrogen-bond acceptors (Lipinski definition) is 4. The monoisotopic (exact) mass is 323 g/mol. The fourth-order valence-corrected chi connectivity index (χ4v) is 4.24. The minimum absolute atomic E-state index is 0.0520. The summed E-state index contributed by atoms with van der Waals surface area (Å²) in [6, 6.07) is 3.18. The van der Waals surface area contributed by atoms with Crippen molar-refractivity contribution in [3.63, 3.8) is 0 Å². The number of fused-ring (bicyclic) bond motifs is 1. The van der Waals surface area contributed by atoms with E-state index in [0.29, 0.717) is 17.6 Å². The Labute approximate surface area is 130 Å². The molecule has 2 aromatic heterocycles. The molecule has 2 aromatic rings. The van der Waals surface area contributed by atoms with E-state index >= 15 is 0 Å². The maximum atomic E-state index is 12.0. The predicted octanol–water partition coefficient (Wildman–Crippen LogP) is 2.19. The molecule has 0 saturated heterocycles. The highest BCUT2D eigenvalue weighted by Crippen LogP contribution is 2.31. The van der Waals surface area contributed by atoms with Crippen molar-refractivity contribution in [2.75, 3.05) is 12.8 Å². The summed E-state index contributed by atoms with van der Waals surface area (Å²) >= 11 is 0. The van der Waals surface area contributed by atoms with Gasteiger partial charge in [0.2, 0.25) is 10.0 Å². The number of sulfonamides is 1. The lowest BCUT2D eigenvalue weighted by atomic mass is 10.0. The molecule has 0 aliphatic rings. The van der Waals surface area contributed by atoms with E-state index in [2.05, 4.69) is 5.10 Å². The summed E-state index contributed by atoms with van der Waals surface area (Å²) in [7, 11) is -3.35. The van der Waals surface area contributed by atoms with Crippen molar-refractivity contribution >= 4 is 21.3 Å². The number of Topliss-reactive ketones (excluding diaryl/α,β-unsaturated/α-hetero) is 1. The summed E-state index contributed by atoms with van der Waals surface area (Å²) in [6.07, 6.45) is 2.82. The van der Waals surface area contributed by atoms with E-state index in [1.54, 1.807) is 23.7 Å². The highest BCUT2D eigenvalue weighted by molar-refractivity contribution is 7.88. The maximum absolute atomic E-state index is 12.0. The smallest absolute Gasteiger partial charge is 0.211 e. The van der Waals surface area contributed by atoms with E-state index in [9.17, 15) is 13.2 Å². The van der Waals surface area contributed by atoms with Crippen LogP contribution in [0, 0.1) is 6.92 Å². The Morgan fingerprint density at radius 2 is 2.09 bits per heavy atom. The van der Waals surface area contributed by atoms with Crippen molar-refractivity contribution in [3.8, 4) is 0 Å². The third kappa shape index (κ3) is 2.66. The lowest BCUT2D eigenvalue weighted by molar-refractivity contribution is 0.101. The highest BCUT2D eigenvalue weighted by Gasteiger charge is 2.29. The third-order valence-corrected chi connectivity index (χ3v) is 5.34. The molecule has 0 saturated carbocycles. The van der Waals surface area contributed by atoms with Gasteiger partial charge in [-0.2, -0.15) is 9.40 Å². The minimum Gasteiger partial charge on any atom is -0.294 e. The van der Waals surface area contributed by atoms with Crippen LogP contribution in [0.15, 0.2) is 18.3 Å². The summed E-state index contributed by atoms with van der Waals surface area (Å²) in [5.41, 5.74) is 2.81. The van der Waals surface area contributed by atoms with Crippen LogP contribution in [0.1, 0.15) is 48.4 Å². The second-order valence-electron chi connectivity index (χ2n) is 5.40. The first-order valence-electron chi connectivity index (χ1n) is 7.14. The second kappa shape index (κ2) is 5.81. The average molecular weight is 323 g/mol. The molecule has 0 aliphatic heterocycles. The number of carbonyl (C=O) groups is 1. The zero-order chi connectivity index (χ0) is 16.7. The Balaban J connectivity index is 2.76. The van der Waals surface area contributed by atoms with Crippen LogP contribution < -0.4 is 0 Å². The standard InChI is InChI=1S/C15H21N3O3S/c1-6-17(22(5,20)21)11(3)15-10(2)14(12(4)19)13-8-7-9-16-18(13)15/h7-9,11H,6H2,1-5H3. The fraction of sp³-hybridized carbons (Fsp3) is 0.467. The number of hydrogen-bond donors (Lipinski definition) is 0. The average Bonchev–Trinajstić information content (AvgIpc) is 2.69. The molecule has 1 unspecified atom stereocenters. The Morgan fingerprint density at radius 1 is 1.45 bits per heavy atom. The summed E-state index contributed by atoms with van der Waals surface area (Å²) < 4.78 is 27.1. The van der Waals surface area contributed by atoms with Crippen molar-refractivity contribution in [1.29, 1.82) is 0 Å². The molecule has 0 N–H and O–H groups in total. The first-order valence-corrected chi connectivity index (χ1v) is 8.98. The first kappa shape index (κ1) is 16.6. The van der Waals surface area contributed by atoms with Crippen molar-refractivity contribution in [2.24, 2.45) is 0 Å². The van der Waals surface area contributed by atoms with E-state index < -0.39 is 16.1 Å². The van der Waals surface area contributed by atoms with E-state index in [0.717, 1.165) is 11.3 Å². The summed E-state index contributed by atoms with van der Waals surface area (Å²) in [4.78, 5) is 12.0. The molecule has 0 aliphatic carbocycles. The van der Waals surface area contributed by atoms with Crippen LogP contribution >= 0.6 is 0 Å². The van der Waals surface area contributed by atoms with Gasteiger partial charge >= 0.3 is 0 Å². The van der Waals surface area contributed by atoms with Gasteiger partial charge in [0, 0.05) is 18.3 Å². The molecule has 0 spiro atoms. The largest absolute Gasteiger partial charge is 0.294 e. The van der Waals surface area contributed by atoms with Crippen molar-refractivity contribution in [2.45, 2.75) is 33.7 Å². The molecule has 0 aromatic carbocycles. The molecule has 0 radical (unpaired) electrons. The van der Waals surface area contributed by atoms with E-state index in [1.807, 2.05) is 19.9 Å². The quantitative estimate of drug-likeness (QED) is 0.791. The first-order chi connectivity index (χ1) is 10.2. The Morgan fingerprint density at radius 3 is 2.59 bits per heavy atom. The van der Waals surface area contributed by atoms with Gasteiger partial charge in [0.25, 0.3) is 0 Å². The Kier molecular flexibility index (Phi) is 4.39. The van der Waals surface area contributed by atoms with Gasteiger partial charge in [-0.25, -0.2) is 12.9 Å². The molecule has 0 bridgehead atoms. The highest BCUT2D eigenvalue weighted by atomic mass is 32.2. The van der Waals surface area contributed by atoms with Gasteiger partial charge in [-0.15, -0.1) is 0 Å². The molecule has 6 nitrogen and oxygen atoms in total. The van der Waals surface area contributed by atoms with Crippen molar-refractivity contribution in [1.82, 2.24) is 13.9 Å². The molecule has 0 amide bonds. The Bertz CT molecular complexity index is 824. The van der Waals surface area contributed by atoms with E-state index in [-0.39, 0.29) is 5.78 Å². The number of carbonyl (C=O) groups excluding carboxylic acids is 1. The summed E-state index contributed by atoms with van der Waals surface area (Å²) in [6.45, 7) is 7.32. The van der Waals surface area contributed by atoms with Gasteiger partial charge < -0.3 is 0 Å². The lowest BCUT2D eigenvalue weighted by Gasteiger charge is -2.26. The van der Waals surface area contributed by atoms with Gasteiger partial charge in [0.15, 0.2) is 5.78 Å². The molecule has 0 fully saturated rings. The van der Waals surface area contributed by atoms with Gasteiger partial charge in [0.05, 0.1) is 23.5 Å². The van der Waals surface area contributed by atoms with Gasteiger partial charge in [-0.05, 0) is 38.5 Å². The van der Waals surface area contributed by atoms with Crippen LogP contribution in [-0.4, -0.2) is 40.9 Å². The molecule has 7 heteroatoms. The topological polar surface area (TPSA) is 71.8 Å². The van der Waals surface area contributed by atoms with Crippen LogP contribution in [0.2, 0.25) is 0 Å². The number of rotatable bonds is 5. The van der Waals surface area contributed by atoms with E-state index in [4.69, 9.17) is 0 Å². The molecule has 22 heavy (non-hydrogen) atoms. The van der Waals surface area contributed by atoms with Crippen molar-refractivity contribution < 1.29 is 13.2 Å². The molecule has 120 valence electrons. The van der Waals surface area contributed by atoms with Crippen LogP contribution in [-0.2, 0) is 10.0 Å². The third-order valence-electron chi connectivity index (χ3n) is 3.91. The molecule has 2 heterocycles.